The van der Waals surface area contributed by atoms with Crippen LogP contribution in [0.2, 0.25) is 0 Å². The SMILES string of the molecule is CCCCCCCC/C=C\CCCCCCCC(=O)OC[C@H]1CCNC1. The van der Waals surface area contributed by atoms with Crippen LogP contribution < -0.4 is 5.32 Å². The van der Waals surface area contributed by atoms with Crippen molar-refractivity contribution in [2.45, 2.75) is 103 Å². The van der Waals surface area contributed by atoms with Crippen molar-refractivity contribution in [1.29, 1.82) is 0 Å². The van der Waals surface area contributed by atoms with Crippen LogP contribution in [-0.2, 0) is 9.53 Å². The van der Waals surface area contributed by atoms with Crippen molar-refractivity contribution in [2.24, 2.45) is 5.92 Å². The highest BCUT2D eigenvalue weighted by atomic mass is 16.5. The molecule has 0 amide bonds. The molecule has 0 aromatic heterocycles. The lowest BCUT2D eigenvalue weighted by Gasteiger charge is -2.09. The molecule has 0 aromatic carbocycles. The summed E-state index contributed by atoms with van der Waals surface area (Å²) in [5, 5.41) is 3.30. The van der Waals surface area contributed by atoms with E-state index in [4.69, 9.17) is 4.74 Å². The minimum atomic E-state index is -0.00507. The predicted octanol–water partition coefficient (Wildman–Crippen LogP) is 6.18. The van der Waals surface area contributed by atoms with E-state index >= 15 is 0 Å². The average molecular weight is 366 g/mol. The number of hydrogen-bond donors (Lipinski definition) is 1. The van der Waals surface area contributed by atoms with Gasteiger partial charge in [-0.3, -0.25) is 4.79 Å². The summed E-state index contributed by atoms with van der Waals surface area (Å²) in [4.78, 5) is 11.7. The van der Waals surface area contributed by atoms with Crippen molar-refractivity contribution in [2.75, 3.05) is 19.7 Å². The third-order valence-electron chi connectivity index (χ3n) is 5.29. The van der Waals surface area contributed by atoms with Crippen LogP contribution in [-0.4, -0.2) is 25.7 Å². The molecule has 0 unspecified atom stereocenters. The van der Waals surface area contributed by atoms with E-state index in [-0.39, 0.29) is 5.97 Å². The van der Waals surface area contributed by atoms with Crippen molar-refractivity contribution in [1.82, 2.24) is 5.32 Å². The van der Waals surface area contributed by atoms with Crippen LogP contribution in [0.3, 0.4) is 0 Å². The van der Waals surface area contributed by atoms with Gasteiger partial charge in [0.25, 0.3) is 0 Å². The normalized spacial score (nSPS) is 17.2. The predicted molar refractivity (Wildman–Crippen MR) is 111 cm³/mol. The lowest BCUT2D eigenvalue weighted by Crippen LogP contribution is -2.16. The summed E-state index contributed by atoms with van der Waals surface area (Å²) in [5.74, 6) is 0.530. The molecule has 1 saturated heterocycles. The number of ether oxygens (including phenoxy) is 1. The van der Waals surface area contributed by atoms with Gasteiger partial charge in [-0.1, -0.05) is 70.4 Å². The Morgan fingerprint density at radius 2 is 1.54 bits per heavy atom. The van der Waals surface area contributed by atoms with E-state index in [9.17, 15) is 4.79 Å². The smallest absolute Gasteiger partial charge is 0.305 e. The largest absolute Gasteiger partial charge is 0.465 e. The Morgan fingerprint density at radius 1 is 0.923 bits per heavy atom. The van der Waals surface area contributed by atoms with Crippen LogP contribution in [0.5, 0.6) is 0 Å². The minimum absolute atomic E-state index is 0.00507. The van der Waals surface area contributed by atoms with Gasteiger partial charge in [0.05, 0.1) is 6.61 Å². The summed E-state index contributed by atoms with van der Waals surface area (Å²) < 4.78 is 5.36. The molecule has 0 spiro atoms. The van der Waals surface area contributed by atoms with Gasteiger partial charge >= 0.3 is 5.97 Å². The minimum Gasteiger partial charge on any atom is -0.465 e. The Morgan fingerprint density at radius 3 is 2.15 bits per heavy atom. The maximum absolute atomic E-state index is 11.7. The van der Waals surface area contributed by atoms with Crippen molar-refractivity contribution in [3.8, 4) is 0 Å². The van der Waals surface area contributed by atoms with Crippen LogP contribution in [0.1, 0.15) is 103 Å². The summed E-state index contributed by atoms with van der Waals surface area (Å²) in [6, 6.07) is 0. The Bertz CT molecular complexity index is 348. The second-order valence-electron chi connectivity index (χ2n) is 7.88. The van der Waals surface area contributed by atoms with E-state index in [1.807, 2.05) is 0 Å². The van der Waals surface area contributed by atoms with Crippen LogP contribution >= 0.6 is 0 Å². The number of esters is 1. The van der Waals surface area contributed by atoms with E-state index in [0.717, 1.165) is 32.4 Å². The zero-order valence-corrected chi connectivity index (χ0v) is 17.3. The first kappa shape index (κ1) is 23.2. The zero-order chi connectivity index (χ0) is 18.7. The van der Waals surface area contributed by atoms with E-state index < -0.39 is 0 Å². The summed E-state index contributed by atoms with van der Waals surface area (Å²) in [5.41, 5.74) is 0. The lowest BCUT2D eigenvalue weighted by atomic mass is 10.1. The van der Waals surface area contributed by atoms with Gasteiger partial charge < -0.3 is 10.1 Å². The molecule has 0 aromatic rings. The number of unbranched alkanes of at least 4 members (excludes halogenated alkanes) is 11. The van der Waals surface area contributed by atoms with Crippen LogP contribution in [0.15, 0.2) is 12.2 Å². The molecule has 0 aliphatic carbocycles. The first-order chi connectivity index (χ1) is 12.8. The number of hydrogen-bond acceptors (Lipinski definition) is 3. The van der Waals surface area contributed by atoms with Crippen molar-refractivity contribution in [3.05, 3.63) is 12.2 Å². The number of nitrogens with one attached hydrogen (secondary N) is 1. The Labute approximate surface area is 162 Å². The van der Waals surface area contributed by atoms with Gasteiger partial charge in [0, 0.05) is 18.9 Å². The molecule has 0 bridgehead atoms. The number of carbonyl (C=O) groups is 1. The molecule has 1 fully saturated rings. The third kappa shape index (κ3) is 14.4. The maximum Gasteiger partial charge on any atom is 0.305 e. The van der Waals surface area contributed by atoms with Crippen LogP contribution in [0, 0.1) is 5.92 Å². The Hall–Kier alpha value is -0.830. The molecule has 1 rings (SSSR count). The molecule has 1 atom stereocenters. The molecule has 1 heterocycles. The highest BCUT2D eigenvalue weighted by Crippen LogP contribution is 2.11. The summed E-state index contributed by atoms with van der Waals surface area (Å²) >= 11 is 0. The molecule has 1 aliphatic heterocycles. The highest BCUT2D eigenvalue weighted by Gasteiger charge is 2.16. The molecular formula is C23H43NO2. The fourth-order valence-electron chi connectivity index (χ4n) is 3.48. The van der Waals surface area contributed by atoms with Gasteiger partial charge in [-0.25, -0.2) is 0 Å². The second-order valence-corrected chi connectivity index (χ2v) is 7.88. The molecule has 1 N–H and O–H groups in total. The second kappa shape index (κ2) is 17.6. The lowest BCUT2D eigenvalue weighted by molar-refractivity contribution is -0.145. The highest BCUT2D eigenvalue weighted by molar-refractivity contribution is 5.69. The van der Waals surface area contributed by atoms with E-state index in [2.05, 4.69) is 24.4 Å². The van der Waals surface area contributed by atoms with E-state index in [1.165, 1.54) is 70.6 Å². The van der Waals surface area contributed by atoms with Crippen molar-refractivity contribution < 1.29 is 9.53 Å². The first-order valence-corrected chi connectivity index (χ1v) is 11.3. The number of carbonyl (C=O) groups excluding carboxylic acids is 1. The molecule has 152 valence electrons. The summed E-state index contributed by atoms with van der Waals surface area (Å²) in [7, 11) is 0. The Kier molecular flexibility index (Phi) is 15.7. The molecule has 26 heavy (non-hydrogen) atoms. The van der Waals surface area contributed by atoms with Crippen molar-refractivity contribution >= 4 is 5.97 Å². The molecule has 1 aliphatic rings. The summed E-state index contributed by atoms with van der Waals surface area (Å²) in [6.07, 6.45) is 23.2. The first-order valence-electron chi connectivity index (χ1n) is 11.3. The Balaban J connectivity index is 1.76. The fourth-order valence-corrected chi connectivity index (χ4v) is 3.48. The molecule has 3 heteroatoms. The molecular weight excluding hydrogens is 322 g/mol. The topological polar surface area (TPSA) is 38.3 Å². The van der Waals surface area contributed by atoms with E-state index in [1.54, 1.807) is 0 Å². The number of rotatable bonds is 17. The van der Waals surface area contributed by atoms with Gasteiger partial charge in [-0.05, 0) is 45.1 Å². The van der Waals surface area contributed by atoms with Gasteiger partial charge in [-0.2, -0.15) is 0 Å². The zero-order valence-electron chi connectivity index (χ0n) is 17.3. The monoisotopic (exact) mass is 365 g/mol. The van der Waals surface area contributed by atoms with Gasteiger partial charge in [-0.15, -0.1) is 0 Å². The van der Waals surface area contributed by atoms with E-state index in [0.29, 0.717) is 18.9 Å². The van der Waals surface area contributed by atoms with Gasteiger partial charge in [0.2, 0.25) is 0 Å². The standard InChI is InChI=1S/C23H43NO2/c1-2-3-4-5-6-7-8-9-10-11-12-13-14-15-16-17-23(25)26-21-22-18-19-24-20-22/h9-10,22,24H,2-8,11-21H2,1H3/b10-9-/t22-/m0/s1. The molecule has 0 radical (unpaired) electrons. The third-order valence-corrected chi connectivity index (χ3v) is 5.29. The van der Waals surface area contributed by atoms with Crippen LogP contribution in [0.4, 0.5) is 0 Å². The summed E-state index contributed by atoms with van der Waals surface area (Å²) in [6.45, 7) is 4.95. The molecule has 0 saturated carbocycles. The van der Waals surface area contributed by atoms with Gasteiger partial charge in [0.1, 0.15) is 0 Å². The van der Waals surface area contributed by atoms with Crippen molar-refractivity contribution in [3.63, 3.8) is 0 Å². The number of allylic oxidation sites excluding steroid dienone is 2. The van der Waals surface area contributed by atoms with Gasteiger partial charge in [0.15, 0.2) is 0 Å². The van der Waals surface area contributed by atoms with Crippen LogP contribution in [0.25, 0.3) is 0 Å². The molecule has 3 nitrogen and oxygen atoms in total. The quantitative estimate of drug-likeness (QED) is 0.190. The average Bonchev–Trinajstić information content (AvgIpc) is 3.17. The fraction of sp³-hybridized carbons (Fsp3) is 0.870. The maximum atomic E-state index is 11.7.